The van der Waals surface area contributed by atoms with Crippen molar-refractivity contribution in [1.82, 2.24) is 14.5 Å². The van der Waals surface area contributed by atoms with E-state index in [9.17, 15) is 13.2 Å². The number of ether oxygens (including phenoxy) is 1. The molecule has 0 unspecified atom stereocenters. The summed E-state index contributed by atoms with van der Waals surface area (Å²) in [6, 6.07) is 12.6. The summed E-state index contributed by atoms with van der Waals surface area (Å²) < 4.78 is 33.3. The molecule has 0 radical (unpaired) electrons. The van der Waals surface area contributed by atoms with Crippen LogP contribution in [0.3, 0.4) is 0 Å². The molecule has 3 rings (SSSR count). The standard InChI is InChI=1S/C25H35N3O4S/c1-4-27(2)19-21-11-9-10-20(16-21)18-26-25(29)23-17-22(12-13-24(23)32-3)33(30,31)28-14-7-5-6-8-15-28/h9-13,16-17H,4-8,14-15,18-19H2,1-3H3,(H,26,29). The number of methoxy groups -OCH3 is 1. The van der Waals surface area contributed by atoms with Crippen LogP contribution in [-0.2, 0) is 23.1 Å². The molecule has 1 saturated heterocycles. The minimum absolute atomic E-state index is 0.125. The second kappa shape index (κ2) is 11.6. The molecule has 0 spiro atoms. The van der Waals surface area contributed by atoms with Gasteiger partial charge in [0.1, 0.15) is 5.75 Å². The lowest BCUT2D eigenvalue weighted by atomic mass is 10.1. The Labute approximate surface area is 197 Å². The largest absolute Gasteiger partial charge is 0.496 e. The van der Waals surface area contributed by atoms with Gasteiger partial charge < -0.3 is 15.0 Å². The molecule has 0 saturated carbocycles. The van der Waals surface area contributed by atoms with Crippen LogP contribution < -0.4 is 10.1 Å². The molecule has 0 aliphatic carbocycles. The number of rotatable bonds is 9. The molecule has 2 aromatic carbocycles. The molecule has 180 valence electrons. The lowest BCUT2D eigenvalue weighted by Crippen LogP contribution is -2.32. The average molecular weight is 474 g/mol. The number of carbonyl (C=O) groups excluding carboxylic acids is 1. The van der Waals surface area contributed by atoms with Gasteiger partial charge in [0, 0.05) is 26.2 Å². The molecule has 1 aliphatic rings. The Balaban J connectivity index is 1.76. The summed E-state index contributed by atoms with van der Waals surface area (Å²) >= 11 is 0. The molecule has 1 aliphatic heterocycles. The van der Waals surface area contributed by atoms with Crippen molar-refractivity contribution < 1.29 is 17.9 Å². The molecular formula is C25H35N3O4S. The van der Waals surface area contributed by atoms with Crippen molar-refractivity contribution in [3.8, 4) is 5.75 Å². The fourth-order valence-electron chi connectivity index (χ4n) is 4.00. The van der Waals surface area contributed by atoms with Gasteiger partial charge in [-0.1, -0.05) is 44.0 Å². The topological polar surface area (TPSA) is 79.0 Å². The molecule has 1 fully saturated rings. The Morgan fingerprint density at radius 2 is 1.76 bits per heavy atom. The second-order valence-electron chi connectivity index (χ2n) is 8.51. The average Bonchev–Trinajstić information content (AvgIpc) is 3.12. The Morgan fingerprint density at radius 3 is 2.42 bits per heavy atom. The van der Waals surface area contributed by atoms with E-state index in [4.69, 9.17) is 4.74 Å². The molecule has 0 aromatic heterocycles. The summed E-state index contributed by atoms with van der Waals surface area (Å²) in [5.74, 6) is -0.0171. The van der Waals surface area contributed by atoms with E-state index in [0.29, 0.717) is 25.4 Å². The van der Waals surface area contributed by atoms with Crippen LogP contribution in [0, 0.1) is 0 Å². The number of carbonyl (C=O) groups is 1. The number of hydrogen-bond acceptors (Lipinski definition) is 5. The molecule has 2 aromatic rings. The first kappa shape index (κ1) is 25.2. The van der Waals surface area contributed by atoms with Gasteiger partial charge in [-0.3, -0.25) is 4.79 Å². The smallest absolute Gasteiger partial charge is 0.255 e. The van der Waals surface area contributed by atoms with Gasteiger partial charge in [0.25, 0.3) is 5.91 Å². The number of benzene rings is 2. The fourth-order valence-corrected chi connectivity index (χ4v) is 5.54. The van der Waals surface area contributed by atoms with Gasteiger partial charge in [0.05, 0.1) is 17.6 Å². The zero-order chi connectivity index (χ0) is 23.8. The van der Waals surface area contributed by atoms with Crippen molar-refractivity contribution in [3.05, 3.63) is 59.2 Å². The molecule has 8 heteroatoms. The van der Waals surface area contributed by atoms with E-state index in [1.54, 1.807) is 6.07 Å². The fraction of sp³-hybridized carbons (Fsp3) is 0.480. The summed E-state index contributed by atoms with van der Waals surface area (Å²) in [6.45, 7) is 5.27. The van der Waals surface area contributed by atoms with Gasteiger partial charge in [-0.15, -0.1) is 0 Å². The summed E-state index contributed by atoms with van der Waals surface area (Å²) in [5, 5.41) is 2.91. The predicted molar refractivity (Wildman–Crippen MR) is 130 cm³/mol. The zero-order valence-corrected chi connectivity index (χ0v) is 20.7. The van der Waals surface area contributed by atoms with Crippen molar-refractivity contribution in [2.24, 2.45) is 0 Å². The summed E-state index contributed by atoms with van der Waals surface area (Å²) in [5.41, 5.74) is 2.38. The summed E-state index contributed by atoms with van der Waals surface area (Å²) in [4.78, 5) is 15.3. The highest BCUT2D eigenvalue weighted by Gasteiger charge is 2.27. The van der Waals surface area contributed by atoms with Crippen LogP contribution in [0.15, 0.2) is 47.4 Å². The third-order valence-electron chi connectivity index (χ3n) is 6.06. The third-order valence-corrected chi connectivity index (χ3v) is 7.95. The Morgan fingerprint density at radius 1 is 1.06 bits per heavy atom. The van der Waals surface area contributed by atoms with Gasteiger partial charge in [-0.05, 0) is 55.8 Å². The van der Waals surface area contributed by atoms with Crippen molar-refractivity contribution in [1.29, 1.82) is 0 Å². The summed E-state index contributed by atoms with van der Waals surface area (Å²) in [6.07, 6.45) is 3.79. The number of hydrogen-bond donors (Lipinski definition) is 1. The monoisotopic (exact) mass is 473 g/mol. The molecule has 0 atom stereocenters. The minimum atomic E-state index is -3.66. The first-order valence-corrected chi connectivity index (χ1v) is 13.0. The number of sulfonamides is 1. The van der Waals surface area contributed by atoms with Crippen LogP contribution in [0.25, 0.3) is 0 Å². The molecule has 1 N–H and O–H groups in total. The molecule has 1 heterocycles. The van der Waals surface area contributed by atoms with Crippen molar-refractivity contribution in [3.63, 3.8) is 0 Å². The van der Waals surface area contributed by atoms with Crippen molar-refractivity contribution >= 4 is 15.9 Å². The Bertz CT molecular complexity index is 1050. The van der Waals surface area contributed by atoms with E-state index in [2.05, 4.69) is 36.3 Å². The number of nitrogens with one attached hydrogen (secondary N) is 1. The quantitative estimate of drug-likeness (QED) is 0.602. The van der Waals surface area contributed by atoms with Gasteiger partial charge in [-0.25, -0.2) is 8.42 Å². The maximum Gasteiger partial charge on any atom is 0.255 e. The minimum Gasteiger partial charge on any atom is -0.496 e. The highest BCUT2D eigenvalue weighted by Crippen LogP contribution is 2.26. The maximum atomic E-state index is 13.2. The zero-order valence-electron chi connectivity index (χ0n) is 19.8. The van der Waals surface area contributed by atoms with Crippen molar-refractivity contribution in [2.45, 2.75) is 50.6 Å². The first-order chi connectivity index (χ1) is 15.8. The highest BCUT2D eigenvalue weighted by molar-refractivity contribution is 7.89. The van der Waals surface area contributed by atoms with Crippen LogP contribution in [0.4, 0.5) is 0 Å². The van der Waals surface area contributed by atoms with Crippen LogP contribution in [0.2, 0.25) is 0 Å². The number of amides is 1. The van der Waals surface area contributed by atoms with Gasteiger partial charge in [0.2, 0.25) is 10.0 Å². The van der Waals surface area contributed by atoms with Gasteiger partial charge in [0.15, 0.2) is 0 Å². The van der Waals surface area contributed by atoms with Gasteiger partial charge >= 0.3 is 0 Å². The van der Waals surface area contributed by atoms with E-state index in [1.807, 2.05) is 12.1 Å². The van der Waals surface area contributed by atoms with Crippen molar-refractivity contribution in [2.75, 3.05) is 33.8 Å². The Kier molecular flexibility index (Phi) is 8.88. The SMILES string of the molecule is CCN(C)Cc1cccc(CNC(=O)c2cc(S(=O)(=O)N3CCCCCC3)ccc2OC)c1. The molecular weight excluding hydrogens is 438 g/mol. The van der Waals surface area contributed by atoms with E-state index in [0.717, 1.165) is 44.3 Å². The van der Waals surface area contributed by atoms with Crippen LogP contribution in [0.1, 0.15) is 54.1 Å². The first-order valence-electron chi connectivity index (χ1n) is 11.6. The lowest BCUT2D eigenvalue weighted by molar-refractivity contribution is 0.0947. The van der Waals surface area contributed by atoms with Crippen LogP contribution in [0.5, 0.6) is 5.75 Å². The molecule has 33 heavy (non-hydrogen) atoms. The molecule has 1 amide bonds. The van der Waals surface area contributed by atoms with Crippen LogP contribution in [-0.4, -0.2) is 57.3 Å². The molecule has 0 bridgehead atoms. The maximum absolute atomic E-state index is 13.2. The number of nitrogens with zero attached hydrogens (tertiary/aromatic N) is 2. The molecule has 7 nitrogen and oxygen atoms in total. The van der Waals surface area contributed by atoms with E-state index in [-0.39, 0.29) is 16.4 Å². The third kappa shape index (κ3) is 6.56. The van der Waals surface area contributed by atoms with Gasteiger partial charge in [-0.2, -0.15) is 4.31 Å². The predicted octanol–water partition coefficient (Wildman–Crippen LogP) is 3.64. The van der Waals surface area contributed by atoms with E-state index >= 15 is 0 Å². The second-order valence-corrected chi connectivity index (χ2v) is 10.5. The van der Waals surface area contributed by atoms with E-state index in [1.165, 1.54) is 29.1 Å². The Hall–Kier alpha value is -2.42. The van der Waals surface area contributed by atoms with Crippen LogP contribution >= 0.6 is 0 Å². The lowest BCUT2D eigenvalue weighted by Gasteiger charge is -2.20. The summed E-state index contributed by atoms with van der Waals surface area (Å²) in [7, 11) is -0.122. The normalized spacial score (nSPS) is 15.3. The highest BCUT2D eigenvalue weighted by atomic mass is 32.2. The van der Waals surface area contributed by atoms with E-state index < -0.39 is 10.0 Å².